The van der Waals surface area contributed by atoms with Gasteiger partial charge in [0.05, 0.1) is 12.1 Å². The first-order valence-corrected chi connectivity index (χ1v) is 9.78. The molecule has 3 aromatic rings. The van der Waals surface area contributed by atoms with Gasteiger partial charge in [-0.25, -0.2) is 8.78 Å². The Labute approximate surface area is 178 Å². The van der Waals surface area contributed by atoms with E-state index in [9.17, 15) is 18.4 Å². The highest BCUT2D eigenvalue weighted by atomic mass is 19.1. The molecule has 31 heavy (non-hydrogen) atoms. The Morgan fingerprint density at radius 3 is 2.03 bits per heavy atom. The standard InChI is InChI=1S/C25H20F2N2O2/c1-15-3-12-21(16(2)13-15)22-23(28-20-10-8-19(27)9-11-20)25(31)29(24(22)30)14-17-4-6-18(26)7-5-17/h3-13,28H,14H2,1-2H3. The van der Waals surface area contributed by atoms with Crippen molar-refractivity contribution in [1.29, 1.82) is 0 Å². The summed E-state index contributed by atoms with van der Waals surface area (Å²) in [4.78, 5) is 27.7. The average molecular weight is 418 g/mol. The van der Waals surface area contributed by atoms with E-state index in [2.05, 4.69) is 5.32 Å². The molecule has 0 radical (unpaired) electrons. The third kappa shape index (κ3) is 4.10. The van der Waals surface area contributed by atoms with Gasteiger partial charge in [0.25, 0.3) is 11.8 Å². The summed E-state index contributed by atoms with van der Waals surface area (Å²) in [6.07, 6.45) is 0. The van der Waals surface area contributed by atoms with E-state index in [-0.39, 0.29) is 17.8 Å². The van der Waals surface area contributed by atoms with Crippen LogP contribution in [0.25, 0.3) is 5.57 Å². The highest BCUT2D eigenvalue weighted by molar-refractivity contribution is 6.36. The predicted molar refractivity (Wildman–Crippen MR) is 115 cm³/mol. The van der Waals surface area contributed by atoms with Gasteiger partial charge in [-0.15, -0.1) is 0 Å². The summed E-state index contributed by atoms with van der Waals surface area (Å²) < 4.78 is 26.6. The zero-order valence-electron chi connectivity index (χ0n) is 17.1. The Morgan fingerprint density at radius 2 is 1.42 bits per heavy atom. The van der Waals surface area contributed by atoms with E-state index < -0.39 is 23.4 Å². The molecule has 4 rings (SSSR count). The van der Waals surface area contributed by atoms with Crippen LogP contribution in [0.5, 0.6) is 0 Å². The molecule has 3 aromatic carbocycles. The lowest BCUT2D eigenvalue weighted by Crippen LogP contribution is -2.32. The summed E-state index contributed by atoms with van der Waals surface area (Å²) in [6.45, 7) is 3.84. The lowest BCUT2D eigenvalue weighted by molar-refractivity contribution is -0.137. The number of hydrogen-bond donors (Lipinski definition) is 1. The number of halogens is 2. The van der Waals surface area contributed by atoms with E-state index in [1.54, 1.807) is 0 Å². The average Bonchev–Trinajstić information content (AvgIpc) is 2.96. The molecule has 0 aromatic heterocycles. The van der Waals surface area contributed by atoms with Crippen molar-refractivity contribution in [3.8, 4) is 0 Å². The number of anilines is 1. The number of imide groups is 1. The lowest BCUT2D eigenvalue weighted by Gasteiger charge is -2.15. The molecule has 0 saturated heterocycles. The maximum atomic E-state index is 13.4. The van der Waals surface area contributed by atoms with Crippen LogP contribution < -0.4 is 5.32 Å². The SMILES string of the molecule is Cc1ccc(C2=C(Nc3ccc(F)cc3)C(=O)N(Cc3ccc(F)cc3)C2=O)c(C)c1. The third-order valence-corrected chi connectivity index (χ3v) is 5.19. The summed E-state index contributed by atoms with van der Waals surface area (Å²) in [5, 5.41) is 3.00. The van der Waals surface area contributed by atoms with Gasteiger partial charge in [-0.2, -0.15) is 0 Å². The van der Waals surface area contributed by atoms with E-state index in [1.165, 1.54) is 48.5 Å². The van der Waals surface area contributed by atoms with Gasteiger partial charge in [-0.05, 0) is 66.9 Å². The Hall–Kier alpha value is -3.80. The second kappa shape index (κ2) is 8.14. The molecule has 6 heteroatoms. The Morgan fingerprint density at radius 1 is 0.806 bits per heavy atom. The molecule has 0 saturated carbocycles. The maximum Gasteiger partial charge on any atom is 0.278 e. The molecule has 1 heterocycles. The lowest BCUT2D eigenvalue weighted by atomic mass is 9.97. The van der Waals surface area contributed by atoms with Crippen molar-refractivity contribution in [2.75, 3.05) is 5.32 Å². The van der Waals surface area contributed by atoms with E-state index in [1.807, 2.05) is 32.0 Å². The molecular weight excluding hydrogens is 398 g/mol. The number of amides is 2. The summed E-state index contributed by atoms with van der Waals surface area (Å²) >= 11 is 0. The molecule has 0 unspecified atom stereocenters. The summed E-state index contributed by atoms with van der Waals surface area (Å²) in [5.74, 6) is -1.73. The monoisotopic (exact) mass is 418 g/mol. The highest BCUT2D eigenvalue weighted by Gasteiger charge is 2.39. The zero-order chi connectivity index (χ0) is 22.1. The van der Waals surface area contributed by atoms with Crippen LogP contribution in [0, 0.1) is 25.5 Å². The Balaban J connectivity index is 1.76. The van der Waals surface area contributed by atoms with Crippen LogP contribution in [0.15, 0.2) is 72.4 Å². The maximum absolute atomic E-state index is 13.4. The minimum atomic E-state index is -0.492. The van der Waals surface area contributed by atoms with Crippen LogP contribution in [-0.4, -0.2) is 16.7 Å². The van der Waals surface area contributed by atoms with Crippen molar-refractivity contribution in [1.82, 2.24) is 4.90 Å². The fourth-order valence-corrected chi connectivity index (χ4v) is 3.63. The van der Waals surface area contributed by atoms with Gasteiger partial charge in [0.2, 0.25) is 0 Å². The minimum absolute atomic E-state index is 0.0148. The normalized spacial score (nSPS) is 13.9. The fourth-order valence-electron chi connectivity index (χ4n) is 3.63. The molecule has 2 amide bonds. The first-order valence-electron chi connectivity index (χ1n) is 9.78. The zero-order valence-corrected chi connectivity index (χ0v) is 17.1. The number of benzene rings is 3. The largest absolute Gasteiger partial charge is 0.350 e. The molecule has 1 aliphatic heterocycles. The number of rotatable bonds is 5. The number of nitrogens with one attached hydrogen (secondary N) is 1. The van der Waals surface area contributed by atoms with Crippen LogP contribution in [0.3, 0.4) is 0 Å². The molecule has 0 fully saturated rings. The topological polar surface area (TPSA) is 49.4 Å². The molecule has 4 nitrogen and oxygen atoms in total. The molecule has 1 aliphatic rings. The van der Waals surface area contributed by atoms with Gasteiger partial charge in [0.1, 0.15) is 17.3 Å². The molecule has 0 bridgehead atoms. The van der Waals surface area contributed by atoms with Crippen LogP contribution in [0.2, 0.25) is 0 Å². The molecular formula is C25H20F2N2O2. The van der Waals surface area contributed by atoms with Crippen molar-refractivity contribution in [2.45, 2.75) is 20.4 Å². The van der Waals surface area contributed by atoms with Gasteiger partial charge in [-0.3, -0.25) is 14.5 Å². The Kier molecular flexibility index (Phi) is 5.38. The van der Waals surface area contributed by atoms with Crippen molar-refractivity contribution < 1.29 is 18.4 Å². The van der Waals surface area contributed by atoms with Crippen LogP contribution in [0.4, 0.5) is 14.5 Å². The van der Waals surface area contributed by atoms with Crippen LogP contribution in [-0.2, 0) is 16.1 Å². The van der Waals surface area contributed by atoms with Crippen molar-refractivity contribution in [2.24, 2.45) is 0 Å². The third-order valence-electron chi connectivity index (χ3n) is 5.19. The fraction of sp³-hybridized carbons (Fsp3) is 0.120. The molecule has 1 N–H and O–H groups in total. The highest BCUT2D eigenvalue weighted by Crippen LogP contribution is 2.33. The quantitative estimate of drug-likeness (QED) is 0.595. The van der Waals surface area contributed by atoms with Crippen molar-refractivity contribution >= 4 is 23.1 Å². The van der Waals surface area contributed by atoms with Crippen molar-refractivity contribution in [3.63, 3.8) is 0 Å². The van der Waals surface area contributed by atoms with Crippen LogP contribution >= 0.6 is 0 Å². The second-order valence-electron chi connectivity index (χ2n) is 7.52. The number of aryl methyl sites for hydroxylation is 2. The van der Waals surface area contributed by atoms with Gasteiger partial charge in [0.15, 0.2) is 0 Å². The predicted octanol–water partition coefficient (Wildman–Crippen LogP) is 4.97. The van der Waals surface area contributed by atoms with E-state index in [4.69, 9.17) is 0 Å². The number of nitrogens with zero attached hydrogens (tertiary/aromatic N) is 1. The van der Waals surface area contributed by atoms with Gasteiger partial charge < -0.3 is 5.32 Å². The summed E-state index contributed by atoms with van der Waals surface area (Å²) in [6, 6.07) is 16.9. The first kappa shape index (κ1) is 20.5. The molecule has 0 aliphatic carbocycles. The van der Waals surface area contributed by atoms with E-state index in [0.29, 0.717) is 16.8 Å². The second-order valence-corrected chi connectivity index (χ2v) is 7.52. The first-order chi connectivity index (χ1) is 14.8. The van der Waals surface area contributed by atoms with Gasteiger partial charge in [-0.1, -0.05) is 35.9 Å². The number of carbonyl (C=O) groups is 2. The molecule has 0 spiro atoms. The Bertz CT molecular complexity index is 1200. The smallest absolute Gasteiger partial charge is 0.278 e. The van der Waals surface area contributed by atoms with Gasteiger partial charge in [0, 0.05) is 5.69 Å². The van der Waals surface area contributed by atoms with E-state index in [0.717, 1.165) is 16.0 Å². The minimum Gasteiger partial charge on any atom is -0.350 e. The summed E-state index contributed by atoms with van der Waals surface area (Å²) in [7, 11) is 0. The number of hydrogen-bond acceptors (Lipinski definition) is 3. The number of carbonyl (C=O) groups excluding carboxylic acids is 2. The van der Waals surface area contributed by atoms with Crippen molar-refractivity contribution in [3.05, 3.63) is 106 Å². The van der Waals surface area contributed by atoms with Crippen LogP contribution in [0.1, 0.15) is 22.3 Å². The summed E-state index contributed by atoms with van der Waals surface area (Å²) in [5.41, 5.74) is 4.05. The molecule has 156 valence electrons. The molecule has 0 atom stereocenters. The van der Waals surface area contributed by atoms with E-state index >= 15 is 0 Å². The van der Waals surface area contributed by atoms with Gasteiger partial charge >= 0.3 is 0 Å².